The standard InChI is InChI=1S/C11H22N6O2/c1-5-17(7-11(3,4)18)9-13-8(16-12)14-10(15-9)19-6-2/h18H,5-7,12H2,1-4H3,(H,13,14,15,16). The van der Waals surface area contributed by atoms with E-state index >= 15 is 0 Å². The van der Waals surface area contributed by atoms with Gasteiger partial charge in [-0.2, -0.15) is 15.0 Å². The quantitative estimate of drug-likeness (QED) is 0.474. The van der Waals surface area contributed by atoms with Crippen LogP contribution < -0.4 is 20.9 Å². The molecule has 8 nitrogen and oxygen atoms in total. The molecule has 4 N–H and O–H groups in total. The zero-order chi connectivity index (χ0) is 14.5. The summed E-state index contributed by atoms with van der Waals surface area (Å²) in [7, 11) is 0. The molecule has 0 saturated heterocycles. The van der Waals surface area contributed by atoms with Gasteiger partial charge in [0.05, 0.1) is 12.2 Å². The Kier molecular flexibility index (Phi) is 5.25. The first-order valence-corrected chi connectivity index (χ1v) is 6.22. The molecular formula is C11H22N6O2. The van der Waals surface area contributed by atoms with Gasteiger partial charge in [0.1, 0.15) is 0 Å². The van der Waals surface area contributed by atoms with Crippen LogP contribution in [0.2, 0.25) is 0 Å². The van der Waals surface area contributed by atoms with Gasteiger partial charge in [-0.05, 0) is 27.7 Å². The molecule has 1 aromatic rings. The normalized spacial score (nSPS) is 11.3. The number of nitrogens with one attached hydrogen (secondary N) is 1. The summed E-state index contributed by atoms with van der Waals surface area (Å²) >= 11 is 0. The van der Waals surface area contributed by atoms with Crippen LogP contribution in [-0.2, 0) is 0 Å². The average Bonchev–Trinajstić information content (AvgIpc) is 2.34. The Bertz CT molecular complexity index is 407. The molecule has 0 aliphatic heterocycles. The lowest BCUT2D eigenvalue weighted by Crippen LogP contribution is -2.39. The van der Waals surface area contributed by atoms with Gasteiger partial charge in [0.25, 0.3) is 0 Å². The Balaban J connectivity index is 3.04. The highest BCUT2D eigenvalue weighted by molar-refractivity contribution is 5.38. The average molecular weight is 270 g/mol. The summed E-state index contributed by atoms with van der Waals surface area (Å²) in [5, 5.41) is 9.90. The van der Waals surface area contributed by atoms with Gasteiger partial charge in [-0.25, -0.2) is 5.84 Å². The maximum absolute atomic E-state index is 9.90. The highest BCUT2D eigenvalue weighted by Gasteiger charge is 2.20. The molecule has 19 heavy (non-hydrogen) atoms. The van der Waals surface area contributed by atoms with Gasteiger partial charge >= 0.3 is 6.01 Å². The fraction of sp³-hybridized carbons (Fsp3) is 0.727. The number of hydrogen-bond donors (Lipinski definition) is 3. The van der Waals surface area contributed by atoms with Crippen molar-refractivity contribution in [2.45, 2.75) is 33.3 Å². The topological polar surface area (TPSA) is 109 Å². The molecular weight excluding hydrogens is 248 g/mol. The zero-order valence-electron chi connectivity index (χ0n) is 11.8. The number of anilines is 2. The van der Waals surface area contributed by atoms with Crippen molar-refractivity contribution in [1.29, 1.82) is 0 Å². The third kappa shape index (κ3) is 4.84. The molecule has 0 aromatic carbocycles. The van der Waals surface area contributed by atoms with Crippen molar-refractivity contribution in [3.8, 4) is 6.01 Å². The van der Waals surface area contributed by atoms with Crippen LogP contribution in [0, 0.1) is 0 Å². The first-order valence-electron chi connectivity index (χ1n) is 6.22. The van der Waals surface area contributed by atoms with Crippen LogP contribution in [0.3, 0.4) is 0 Å². The molecule has 1 heterocycles. The molecule has 0 saturated carbocycles. The molecule has 8 heteroatoms. The smallest absolute Gasteiger partial charge is 0.323 e. The molecule has 0 fully saturated rings. The molecule has 1 rings (SSSR count). The Labute approximate surface area is 113 Å². The summed E-state index contributed by atoms with van der Waals surface area (Å²) < 4.78 is 5.27. The number of aromatic nitrogens is 3. The number of nitrogens with two attached hydrogens (primary N) is 1. The van der Waals surface area contributed by atoms with Crippen molar-refractivity contribution in [2.75, 3.05) is 30.0 Å². The summed E-state index contributed by atoms with van der Waals surface area (Å²) in [6, 6.07) is 0.203. The van der Waals surface area contributed by atoms with E-state index in [4.69, 9.17) is 10.6 Å². The highest BCUT2D eigenvalue weighted by Crippen LogP contribution is 2.16. The van der Waals surface area contributed by atoms with Crippen molar-refractivity contribution in [2.24, 2.45) is 5.84 Å². The number of aliphatic hydroxyl groups is 1. The molecule has 0 amide bonds. The van der Waals surface area contributed by atoms with Crippen molar-refractivity contribution >= 4 is 11.9 Å². The summed E-state index contributed by atoms with van der Waals surface area (Å²) in [5.41, 5.74) is 1.52. The lowest BCUT2D eigenvalue weighted by Gasteiger charge is -2.28. The second-order valence-electron chi connectivity index (χ2n) is 4.65. The largest absolute Gasteiger partial charge is 0.464 e. The number of ether oxygens (including phenoxy) is 1. The summed E-state index contributed by atoms with van der Waals surface area (Å²) in [4.78, 5) is 14.2. The van der Waals surface area contributed by atoms with E-state index in [2.05, 4.69) is 20.4 Å². The minimum absolute atomic E-state index is 0.203. The summed E-state index contributed by atoms with van der Waals surface area (Å²) in [6.07, 6.45) is 0. The van der Waals surface area contributed by atoms with Gasteiger partial charge in [-0.15, -0.1) is 0 Å². The molecule has 0 aliphatic carbocycles. The number of hydrazine groups is 1. The Morgan fingerprint density at radius 3 is 2.47 bits per heavy atom. The van der Waals surface area contributed by atoms with Crippen molar-refractivity contribution in [1.82, 2.24) is 15.0 Å². The van der Waals surface area contributed by atoms with Gasteiger partial charge in [0.2, 0.25) is 11.9 Å². The van der Waals surface area contributed by atoms with E-state index in [0.717, 1.165) is 0 Å². The third-order valence-electron chi connectivity index (χ3n) is 2.25. The molecule has 108 valence electrons. The number of rotatable bonds is 7. The minimum atomic E-state index is -0.856. The second-order valence-corrected chi connectivity index (χ2v) is 4.65. The van der Waals surface area contributed by atoms with Crippen molar-refractivity contribution in [3.05, 3.63) is 0 Å². The fourth-order valence-corrected chi connectivity index (χ4v) is 1.54. The summed E-state index contributed by atoms with van der Waals surface area (Å²) in [5.74, 6) is 5.96. The number of likely N-dealkylation sites (N-methyl/N-ethyl adjacent to an activating group) is 1. The van der Waals surface area contributed by atoms with E-state index in [1.807, 2.05) is 18.7 Å². The van der Waals surface area contributed by atoms with Crippen LogP contribution in [-0.4, -0.2) is 45.4 Å². The van der Waals surface area contributed by atoms with Crippen LogP contribution in [0.15, 0.2) is 0 Å². The van der Waals surface area contributed by atoms with Crippen LogP contribution in [0.4, 0.5) is 11.9 Å². The maximum Gasteiger partial charge on any atom is 0.323 e. The van der Waals surface area contributed by atoms with Gasteiger partial charge in [-0.3, -0.25) is 5.43 Å². The molecule has 0 aliphatic rings. The second kappa shape index (κ2) is 6.48. The number of hydrogen-bond acceptors (Lipinski definition) is 8. The molecule has 0 bridgehead atoms. The minimum Gasteiger partial charge on any atom is -0.464 e. The lowest BCUT2D eigenvalue weighted by molar-refractivity contribution is 0.0871. The van der Waals surface area contributed by atoms with E-state index in [0.29, 0.717) is 25.6 Å². The summed E-state index contributed by atoms with van der Waals surface area (Å²) in [6.45, 7) is 8.72. The molecule has 1 aromatic heterocycles. The van der Waals surface area contributed by atoms with Crippen LogP contribution >= 0.6 is 0 Å². The SMILES string of the molecule is CCOc1nc(NN)nc(N(CC)CC(C)(C)O)n1. The number of nitrogens with zero attached hydrogens (tertiary/aromatic N) is 4. The van der Waals surface area contributed by atoms with E-state index in [1.165, 1.54) is 0 Å². The van der Waals surface area contributed by atoms with E-state index in [-0.39, 0.29) is 12.0 Å². The molecule has 0 spiro atoms. The predicted molar refractivity (Wildman–Crippen MR) is 73.0 cm³/mol. The lowest BCUT2D eigenvalue weighted by atomic mass is 10.1. The van der Waals surface area contributed by atoms with E-state index in [9.17, 15) is 5.11 Å². The van der Waals surface area contributed by atoms with Crippen LogP contribution in [0.1, 0.15) is 27.7 Å². The Morgan fingerprint density at radius 1 is 1.32 bits per heavy atom. The molecule has 0 unspecified atom stereocenters. The van der Waals surface area contributed by atoms with Crippen molar-refractivity contribution in [3.63, 3.8) is 0 Å². The highest BCUT2D eigenvalue weighted by atomic mass is 16.5. The molecule has 0 atom stereocenters. The zero-order valence-corrected chi connectivity index (χ0v) is 11.8. The monoisotopic (exact) mass is 270 g/mol. The van der Waals surface area contributed by atoms with Gasteiger partial charge < -0.3 is 14.7 Å². The Hall–Kier alpha value is -1.67. The van der Waals surface area contributed by atoms with Gasteiger partial charge in [0.15, 0.2) is 0 Å². The predicted octanol–water partition coefficient (Wildman–Crippen LogP) is 0.153. The fourth-order valence-electron chi connectivity index (χ4n) is 1.54. The first kappa shape index (κ1) is 15.4. The van der Waals surface area contributed by atoms with E-state index < -0.39 is 5.60 Å². The van der Waals surface area contributed by atoms with Crippen molar-refractivity contribution < 1.29 is 9.84 Å². The Morgan fingerprint density at radius 2 is 2.00 bits per heavy atom. The first-order chi connectivity index (χ1) is 8.89. The van der Waals surface area contributed by atoms with Crippen LogP contribution in [0.25, 0.3) is 0 Å². The number of nitrogen functional groups attached to an aromatic ring is 1. The molecule has 0 radical (unpaired) electrons. The third-order valence-corrected chi connectivity index (χ3v) is 2.25. The van der Waals surface area contributed by atoms with Gasteiger partial charge in [0, 0.05) is 13.1 Å². The maximum atomic E-state index is 9.90. The van der Waals surface area contributed by atoms with Gasteiger partial charge in [-0.1, -0.05) is 0 Å². The van der Waals surface area contributed by atoms with E-state index in [1.54, 1.807) is 13.8 Å². The van der Waals surface area contributed by atoms with Crippen LogP contribution in [0.5, 0.6) is 6.01 Å².